The smallest absolute Gasteiger partial charge is 0.0485 e. The maximum Gasteiger partial charge on any atom is 0.0485 e. The largest absolute Gasteiger partial charge is 0.378 e. The number of benzene rings is 2. The first kappa shape index (κ1) is 14.9. The molecule has 20 heavy (non-hydrogen) atoms. The molecule has 1 nitrogen and oxygen atoms in total. The van der Waals surface area contributed by atoms with E-state index in [2.05, 4.69) is 57.3 Å². The lowest BCUT2D eigenvalue weighted by Crippen LogP contribution is -2.07. The van der Waals surface area contributed by atoms with Crippen molar-refractivity contribution < 1.29 is 0 Å². The van der Waals surface area contributed by atoms with E-state index in [0.29, 0.717) is 5.92 Å². The summed E-state index contributed by atoms with van der Waals surface area (Å²) in [6.45, 7) is 8.69. The first-order valence-corrected chi connectivity index (χ1v) is 7.47. The topological polar surface area (TPSA) is 12.0 Å². The van der Waals surface area contributed by atoms with Crippen LogP contribution in [0.2, 0.25) is 5.02 Å². The van der Waals surface area contributed by atoms with Gasteiger partial charge in [-0.1, -0.05) is 55.8 Å². The summed E-state index contributed by atoms with van der Waals surface area (Å²) in [6.07, 6.45) is 0. The summed E-state index contributed by atoms with van der Waals surface area (Å²) in [4.78, 5) is 0. The summed E-state index contributed by atoms with van der Waals surface area (Å²) in [6, 6.07) is 15.0. The van der Waals surface area contributed by atoms with Gasteiger partial charge >= 0.3 is 0 Å². The second-order valence-corrected chi connectivity index (χ2v) is 6.08. The van der Waals surface area contributed by atoms with Gasteiger partial charge in [-0.25, -0.2) is 0 Å². The third kappa shape index (κ3) is 3.55. The molecule has 0 aliphatic carbocycles. The fourth-order valence-electron chi connectivity index (χ4n) is 2.24. The molecule has 1 atom stereocenters. The van der Waals surface area contributed by atoms with E-state index in [4.69, 9.17) is 11.6 Å². The van der Waals surface area contributed by atoms with Crippen molar-refractivity contribution >= 4 is 17.3 Å². The SMILES string of the molecule is Cc1ccc(Cl)cc1NC(C)c1ccc(C(C)C)cc1. The van der Waals surface area contributed by atoms with Crippen LogP contribution in [0.3, 0.4) is 0 Å². The fourth-order valence-corrected chi connectivity index (χ4v) is 2.41. The van der Waals surface area contributed by atoms with Gasteiger partial charge in [0.2, 0.25) is 0 Å². The Bertz CT molecular complexity index is 572. The first-order valence-electron chi connectivity index (χ1n) is 7.10. The molecule has 0 saturated carbocycles. The third-order valence-corrected chi connectivity index (χ3v) is 3.91. The Morgan fingerprint density at radius 1 is 0.900 bits per heavy atom. The Hall–Kier alpha value is -1.47. The van der Waals surface area contributed by atoms with Gasteiger partial charge in [-0.2, -0.15) is 0 Å². The van der Waals surface area contributed by atoms with E-state index in [1.54, 1.807) is 0 Å². The van der Waals surface area contributed by atoms with Gasteiger partial charge in [0.1, 0.15) is 0 Å². The molecule has 0 aliphatic rings. The van der Waals surface area contributed by atoms with Crippen LogP contribution in [0.15, 0.2) is 42.5 Å². The molecule has 0 aromatic heterocycles. The van der Waals surface area contributed by atoms with Crippen LogP contribution < -0.4 is 5.32 Å². The summed E-state index contributed by atoms with van der Waals surface area (Å²) in [5.74, 6) is 0.572. The van der Waals surface area contributed by atoms with E-state index in [-0.39, 0.29) is 6.04 Å². The predicted octanol–water partition coefficient (Wildman–Crippen LogP) is 5.94. The molecule has 0 amide bonds. The lowest BCUT2D eigenvalue weighted by atomic mass is 9.99. The molecule has 2 aromatic carbocycles. The predicted molar refractivity (Wildman–Crippen MR) is 88.8 cm³/mol. The summed E-state index contributed by atoms with van der Waals surface area (Å²) >= 11 is 6.06. The van der Waals surface area contributed by atoms with Crippen molar-refractivity contribution in [3.05, 3.63) is 64.2 Å². The van der Waals surface area contributed by atoms with Gasteiger partial charge in [-0.05, 0) is 48.6 Å². The van der Waals surface area contributed by atoms with Crippen LogP contribution >= 0.6 is 11.6 Å². The third-order valence-electron chi connectivity index (χ3n) is 3.67. The molecule has 2 heteroatoms. The molecular formula is C18H22ClN. The summed E-state index contributed by atoms with van der Waals surface area (Å²) in [5, 5.41) is 4.30. The van der Waals surface area contributed by atoms with E-state index in [1.165, 1.54) is 16.7 Å². The van der Waals surface area contributed by atoms with Crippen molar-refractivity contribution in [3.8, 4) is 0 Å². The monoisotopic (exact) mass is 287 g/mol. The van der Waals surface area contributed by atoms with E-state index < -0.39 is 0 Å². The minimum absolute atomic E-state index is 0.258. The summed E-state index contributed by atoms with van der Waals surface area (Å²) in [7, 11) is 0. The maximum absolute atomic E-state index is 6.06. The quantitative estimate of drug-likeness (QED) is 0.733. The number of rotatable bonds is 4. The average Bonchev–Trinajstić information content (AvgIpc) is 2.43. The highest BCUT2D eigenvalue weighted by atomic mass is 35.5. The first-order chi connectivity index (χ1) is 9.47. The van der Waals surface area contributed by atoms with Gasteiger partial charge in [0.15, 0.2) is 0 Å². The number of aryl methyl sites for hydroxylation is 1. The fraction of sp³-hybridized carbons (Fsp3) is 0.333. The second kappa shape index (κ2) is 6.32. The Kier molecular flexibility index (Phi) is 4.72. The molecular weight excluding hydrogens is 266 g/mol. The molecule has 0 spiro atoms. The molecule has 2 rings (SSSR count). The molecule has 0 bridgehead atoms. The molecule has 2 aromatic rings. The Labute approximate surface area is 127 Å². The zero-order valence-electron chi connectivity index (χ0n) is 12.6. The summed E-state index contributed by atoms with van der Waals surface area (Å²) in [5.41, 5.74) is 4.96. The van der Waals surface area contributed by atoms with Gasteiger partial charge in [-0.15, -0.1) is 0 Å². The number of anilines is 1. The van der Waals surface area contributed by atoms with Crippen molar-refractivity contribution in [1.82, 2.24) is 0 Å². The Morgan fingerprint density at radius 3 is 2.10 bits per heavy atom. The zero-order chi connectivity index (χ0) is 14.7. The normalized spacial score (nSPS) is 12.5. The average molecular weight is 288 g/mol. The zero-order valence-corrected chi connectivity index (χ0v) is 13.3. The van der Waals surface area contributed by atoms with Crippen molar-refractivity contribution in [2.45, 2.75) is 39.7 Å². The molecule has 0 radical (unpaired) electrons. The van der Waals surface area contributed by atoms with E-state index in [9.17, 15) is 0 Å². The van der Waals surface area contributed by atoms with Crippen molar-refractivity contribution in [3.63, 3.8) is 0 Å². The molecule has 106 valence electrons. The molecule has 0 saturated heterocycles. The number of hydrogen-bond donors (Lipinski definition) is 1. The maximum atomic E-state index is 6.06. The van der Waals surface area contributed by atoms with Crippen molar-refractivity contribution in [1.29, 1.82) is 0 Å². The van der Waals surface area contributed by atoms with E-state index in [1.807, 2.05) is 18.2 Å². The van der Waals surface area contributed by atoms with E-state index in [0.717, 1.165) is 10.7 Å². The molecule has 0 fully saturated rings. The van der Waals surface area contributed by atoms with E-state index >= 15 is 0 Å². The number of hydrogen-bond acceptors (Lipinski definition) is 1. The van der Waals surface area contributed by atoms with Crippen LogP contribution in [0.25, 0.3) is 0 Å². The highest BCUT2D eigenvalue weighted by Gasteiger charge is 2.08. The van der Waals surface area contributed by atoms with Gasteiger partial charge in [-0.3, -0.25) is 0 Å². The molecule has 1 N–H and O–H groups in total. The van der Waals surface area contributed by atoms with Crippen LogP contribution in [-0.2, 0) is 0 Å². The van der Waals surface area contributed by atoms with Gasteiger partial charge in [0.05, 0.1) is 0 Å². The van der Waals surface area contributed by atoms with Crippen LogP contribution in [0.1, 0.15) is 49.4 Å². The minimum Gasteiger partial charge on any atom is -0.378 e. The number of halogens is 1. The molecule has 0 heterocycles. The number of nitrogens with one attached hydrogen (secondary N) is 1. The van der Waals surface area contributed by atoms with Crippen LogP contribution in [0.4, 0.5) is 5.69 Å². The molecule has 0 aliphatic heterocycles. The van der Waals surface area contributed by atoms with Gasteiger partial charge in [0, 0.05) is 16.8 Å². The Morgan fingerprint density at radius 2 is 1.50 bits per heavy atom. The second-order valence-electron chi connectivity index (χ2n) is 5.65. The van der Waals surface area contributed by atoms with Crippen LogP contribution in [0.5, 0.6) is 0 Å². The van der Waals surface area contributed by atoms with Crippen LogP contribution in [-0.4, -0.2) is 0 Å². The van der Waals surface area contributed by atoms with Crippen LogP contribution in [0, 0.1) is 6.92 Å². The highest BCUT2D eigenvalue weighted by molar-refractivity contribution is 6.30. The lowest BCUT2D eigenvalue weighted by Gasteiger charge is -2.18. The minimum atomic E-state index is 0.258. The Balaban J connectivity index is 2.15. The highest BCUT2D eigenvalue weighted by Crippen LogP contribution is 2.26. The van der Waals surface area contributed by atoms with Crippen molar-refractivity contribution in [2.75, 3.05) is 5.32 Å². The summed E-state index contributed by atoms with van der Waals surface area (Å²) < 4.78 is 0. The standard InChI is InChI=1S/C18H22ClN/c1-12(2)15-6-8-16(9-7-15)14(4)20-18-11-17(19)10-5-13(18)3/h5-12,14,20H,1-4H3. The van der Waals surface area contributed by atoms with Gasteiger partial charge < -0.3 is 5.32 Å². The molecule has 1 unspecified atom stereocenters. The van der Waals surface area contributed by atoms with Gasteiger partial charge in [0.25, 0.3) is 0 Å². The van der Waals surface area contributed by atoms with Crippen molar-refractivity contribution in [2.24, 2.45) is 0 Å². The lowest BCUT2D eigenvalue weighted by molar-refractivity contribution is 0.851.